The second kappa shape index (κ2) is 8.03. The van der Waals surface area contributed by atoms with E-state index in [1.54, 1.807) is 6.07 Å². The Kier molecular flexibility index (Phi) is 5.95. The minimum atomic E-state index is -0.365. The highest BCUT2D eigenvalue weighted by atomic mass is 35.5. The highest BCUT2D eigenvalue weighted by Gasteiger charge is 2.33. The fourth-order valence-corrected chi connectivity index (χ4v) is 4.08. The molecule has 2 aliphatic rings. The number of hydrogen-bond acceptors (Lipinski definition) is 4. The van der Waals surface area contributed by atoms with E-state index < -0.39 is 0 Å². The Bertz CT molecular complexity index is 695. The number of hydrogen-bond donors (Lipinski definition) is 3. The molecule has 0 aromatic heterocycles. The number of nitrogens with zero attached hydrogens (tertiary/aromatic N) is 1. The molecule has 1 aromatic carbocycles. The van der Waals surface area contributed by atoms with Gasteiger partial charge in [-0.2, -0.15) is 0 Å². The second-order valence-corrected chi connectivity index (χ2v) is 7.87. The van der Waals surface area contributed by atoms with Gasteiger partial charge in [-0.3, -0.25) is 9.59 Å². The van der Waals surface area contributed by atoms with Crippen molar-refractivity contribution >= 4 is 35.0 Å². The summed E-state index contributed by atoms with van der Waals surface area (Å²) in [6.45, 7) is 1.68. The van der Waals surface area contributed by atoms with Gasteiger partial charge in [-0.15, -0.1) is 0 Å². The zero-order valence-corrected chi connectivity index (χ0v) is 15.9. The number of aromatic hydroxyl groups is 1. The van der Waals surface area contributed by atoms with Crippen molar-refractivity contribution in [3.05, 3.63) is 27.7 Å². The maximum Gasteiger partial charge on any atom is 0.227 e. The van der Waals surface area contributed by atoms with E-state index in [0.717, 1.165) is 12.8 Å². The van der Waals surface area contributed by atoms with Crippen molar-refractivity contribution in [1.82, 2.24) is 10.2 Å². The van der Waals surface area contributed by atoms with Gasteiger partial charge in [0.2, 0.25) is 11.8 Å². The number of nitrogens with one attached hydrogen (secondary N) is 1. The van der Waals surface area contributed by atoms with Gasteiger partial charge in [0.15, 0.2) is 0 Å². The van der Waals surface area contributed by atoms with Crippen LogP contribution in [0.1, 0.15) is 37.3 Å². The Morgan fingerprint density at radius 2 is 1.88 bits per heavy atom. The lowest BCUT2D eigenvalue weighted by Gasteiger charge is -2.37. The predicted molar refractivity (Wildman–Crippen MR) is 100 cm³/mol. The highest BCUT2D eigenvalue weighted by Crippen LogP contribution is 2.38. The van der Waals surface area contributed by atoms with Gasteiger partial charge in [-0.1, -0.05) is 23.2 Å². The first-order valence-corrected chi connectivity index (χ1v) is 9.61. The van der Waals surface area contributed by atoms with Crippen molar-refractivity contribution in [2.45, 2.75) is 31.7 Å². The third kappa shape index (κ3) is 4.08. The van der Waals surface area contributed by atoms with Crippen LogP contribution in [0.3, 0.4) is 0 Å². The van der Waals surface area contributed by atoms with Crippen LogP contribution < -0.4 is 11.1 Å². The van der Waals surface area contributed by atoms with Crippen LogP contribution in [0.2, 0.25) is 10.0 Å². The molecule has 2 atom stereocenters. The van der Waals surface area contributed by atoms with E-state index in [-0.39, 0.29) is 35.4 Å². The lowest BCUT2D eigenvalue weighted by atomic mass is 9.85. The average molecular weight is 400 g/mol. The first-order chi connectivity index (χ1) is 12.4. The summed E-state index contributed by atoms with van der Waals surface area (Å²) in [6, 6.07) is 2.66. The average Bonchev–Trinajstić information content (AvgIpc) is 2.64. The zero-order chi connectivity index (χ0) is 18.8. The van der Waals surface area contributed by atoms with Gasteiger partial charge in [0.25, 0.3) is 0 Å². The summed E-state index contributed by atoms with van der Waals surface area (Å²) in [6.07, 6.45) is 2.53. The summed E-state index contributed by atoms with van der Waals surface area (Å²) < 4.78 is 0. The molecule has 0 spiro atoms. The number of piperidine rings is 2. The van der Waals surface area contributed by atoms with Crippen LogP contribution in [0, 0.1) is 11.8 Å². The van der Waals surface area contributed by atoms with Crippen LogP contribution in [0.5, 0.6) is 5.75 Å². The highest BCUT2D eigenvalue weighted by molar-refractivity contribution is 6.42. The molecule has 26 heavy (non-hydrogen) atoms. The molecular weight excluding hydrogens is 377 g/mol. The molecule has 0 radical (unpaired) electrons. The van der Waals surface area contributed by atoms with Gasteiger partial charge in [0.1, 0.15) is 5.75 Å². The minimum absolute atomic E-state index is 0.0140. The number of rotatable bonds is 3. The van der Waals surface area contributed by atoms with Crippen molar-refractivity contribution in [2.24, 2.45) is 17.6 Å². The van der Waals surface area contributed by atoms with Crippen molar-refractivity contribution in [3.63, 3.8) is 0 Å². The molecule has 6 nitrogen and oxygen atoms in total. The zero-order valence-electron chi connectivity index (χ0n) is 14.4. The Hall–Kier alpha value is -1.50. The second-order valence-electron chi connectivity index (χ2n) is 7.05. The summed E-state index contributed by atoms with van der Waals surface area (Å²) >= 11 is 12.0. The summed E-state index contributed by atoms with van der Waals surface area (Å²) in [7, 11) is 0. The molecule has 4 N–H and O–H groups in total. The number of nitrogens with two attached hydrogens (primary N) is 1. The van der Waals surface area contributed by atoms with Crippen LogP contribution in [0.4, 0.5) is 0 Å². The maximum atomic E-state index is 12.6. The molecular formula is C18H23Cl2N3O3. The van der Waals surface area contributed by atoms with Gasteiger partial charge in [0, 0.05) is 43.7 Å². The largest absolute Gasteiger partial charge is 0.508 e. The van der Waals surface area contributed by atoms with E-state index in [9.17, 15) is 14.7 Å². The minimum Gasteiger partial charge on any atom is -0.508 e. The van der Waals surface area contributed by atoms with E-state index in [1.807, 2.05) is 4.90 Å². The van der Waals surface area contributed by atoms with Crippen LogP contribution in [-0.2, 0) is 9.59 Å². The number of halogens is 2. The Morgan fingerprint density at radius 3 is 2.50 bits per heavy atom. The third-order valence-corrected chi connectivity index (χ3v) is 6.12. The molecule has 2 heterocycles. The van der Waals surface area contributed by atoms with E-state index in [2.05, 4.69) is 5.32 Å². The fourth-order valence-electron chi connectivity index (χ4n) is 3.75. The first kappa shape index (κ1) is 19.3. The maximum absolute atomic E-state index is 12.6. The fraction of sp³-hybridized carbons (Fsp3) is 0.556. The molecule has 0 bridgehead atoms. The smallest absolute Gasteiger partial charge is 0.227 e. The molecule has 2 saturated heterocycles. The number of likely N-dealkylation sites (tertiary alicyclic amines) is 1. The van der Waals surface area contributed by atoms with Crippen LogP contribution >= 0.6 is 23.2 Å². The summed E-state index contributed by atoms with van der Waals surface area (Å²) in [5.41, 5.74) is 6.94. The van der Waals surface area contributed by atoms with Crippen LogP contribution in [-0.4, -0.2) is 41.5 Å². The summed E-state index contributed by atoms with van der Waals surface area (Å²) in [4.78, 5) is 25.7. The van der Waals surface area contributed by atoms with Crippen LogP contribution in [0.25, 0.3) is 0 Å². The number of carbonyl (C=O) groups is 2. The first-order valence-electron chi connectivity index (χ1n) is 8.85. The Balaban J connectivity index is 1.59. The van der Waals surface area contributed by atoms with E-state index >= 15 is 0 Å². The van der Waals surface area contributed by atoms with Gasteiger partial charge in [-0.25, -0.2) is 0 Å². The quantitative estimate of drug-likeness (QED) is 0.727. The number of benzene rings is 1. The standard InChI is InChI=1S/C18H23Cl2N3O3/c19-13-7-12(15(24)8-14(13)20)17(21)10-3-5-23(6-4-10)18(26)11-1-2-16(25)22-9-11/h7-8,10-11,17,24H,1-6,9,21H2,(H,22,25)/t11-,17+/m0/s1. The van der Waals surface area contributed by atoms with Gasteiger partial charge >= 0.3 is 0 Å². The van der Waals surface area contributed by atoms with Gasteiger partial charge < -0.3 is 21.1 Å². The lowest BCUT2D eigenvalue weighted by molar-refractivity contribution is -0.138. The van der Waals surface area contributed by atoms with Crippen molar-refractivity contribution in [2.75, 3.05) is 19.6 Å². The van der Waals surface area contributed by atoms with Crippen LogP contribution in [0.15, 0.2) is 12.1 Å². The lowest BCUT2D eigenvalue weighted by Crippen LogP contribution is -2.48. The van der Waals surface area contributed by atoms with E-state index in [1.165, 1.54) is 6.07 Å². The third-order valence-electron chi connectivity index (χ3n) is 5.40. The Morgan fingerprint density at radius 1 is 1.23 bits per heavy atom. The molecule has 3 rings (SSSR count). The molecule has 8 heteroatoms. The summed E-state index contributed by atoms with van der Waals surface area (Å²) in [5, 5.41) is 13.5. The van der Waals surface area contributed by atoms with Crippen molar-refractivity contribution in [3.8, 4) is 5.75 Å². The molecule has 1 aromatic rings. The van der Waals surface area contributed by atoms with E-state index in [0.29, 0.717) is 48.1 Å². The number of phenolic OH excluding ortho intramolecular Hbond substituents is 1. The van der Waals surface area contributed by atoms with Crippen molar-refractivity contribution < 1.29 is 14.7 Å². The monoisotopic (exact) mass is 399 g/mol. The molecule has 2 amide bonds. The molecule has 0 aliphatic carbocycles. The number of carbonyl (C=O) groups excluding carboxylic acids is 2. The topological polar surface area (TPSA) is 95.7 Å². The SMILES string of the molecule is N[C@@H](c1cc(Cl)c(Cl)cc1O)C1CCN(C(=O)[C@H]2CCC(=O)NC2)CC1. The molecule has 0 unspecified atom stereocenters. The molecule has 2 fully saturated rings. The molecule has 2 aliphatic heterocycles. The number of amides is 2. The molecule has 142 valence electrons. The Labute approximate surface area is 162 Å². The van der Waals surface area contributed by atoms with Gasteiger partial charge in [-0.05, 0) is 31.2 Å². The normalized spacial score (nSPS) is 22.8. The van der Waals surface area contributed by atoms with Gasteiger partial charge in [0.05, 0.1) is 16.0 Å². The number of phenols is 1. The predicted octanol–water partition coefficient (Wildman–Crippen LogP) is 2.46. The summed E-state index contributed by atoms with van der Waals surface area (Å²) in [5.74, 6) is 0.184. The van der Waals surface area contributed by atoms with Crippen molar-refractivity contribution in [1.29, 1.82) is 0 Å². The molecule has 0 saturated carbocycles. The van der Waals surface area contributed by atoms with E-state index in [4.69, 9.17) is 28.9 Å².